The molecule has 0 spiro atoms. The van der Waals surface area contributed by atoms with Gasteiger partial charge in [0.05, 0.1) is 12.7 Å². The summed E-state index contributed by atoms with van der Waals surface area (Å²) < 4.78 is 11.1. The molecule has 1 N–H and O–H groups in total. The molecule has 0 saturated carbocycles. The monoisotopic (exact) mass is 300 g/mol. The molecule has 1 heterocycles. The van der Waals surface area contributed by atoms with Crippen molar-refractivity contribution in [3.05, 3.63) is 47.5 Å². The largest absolute Gasteiger partial charge is 0.384 e. The van der Waals surface area contributed by atoms with Crippen LogP contribution in [0.2, 0.25) is 0 Å². The van der Waals surface area contributed by atoms with Crippen molar-refractivity contribution < 1.29 is 14.6 Å². The van der Waals surface area contributed by atoms with Crippen LogP contribution in [0.5, 0.6) is 0 Å². The maximum atomic E-state index is 9.99. The van der Waals surface area contributed by atoms with E-state index >= 15 is 0 Å². The molecule has 1 aromatic rings. The van der Waals surface area contributed by atoms with E-state index in [2.05, 4.69) is 11.8 Å². The first kappa shape index (κ1) is 16.8. The van der Waals surface area contributed by atoms with Gasteiger partial charge in [0, 0.05) is 13.0 Å². The zero-order valence-corrected chi connectivity index (χ0v) is 13.1. The fourth-order valence-electron chi connectivity index (χ4n) is 2.23. The number of hydrogen-bond acceptors (Lipinski definition) is 3. The summed E-state index contributed by atoms with van der Waals surface area (Å²) in [6, 6.07) is 7.83. The minimum absolute atomic E-state index is 0.0468. The van der Waals surface area contributed by atoms with Gasteiger partial charge in [-0.3, -0.25) is 0 Å². The van der Waals surface area contributed by atoms with Crippen molar-refractivity contribution >= 4 is 0 Å². The van der Waals surface area contributed by atoms with Gasteiger partial charge in [-0.1, -0.05) is 41.7 Å². The molecule has 22 heavy (non-hydrogen) atoms. The van der Waals surface area contributed by atoms with Crippen molar-refractivity contribution in [3.63, 3.8) is 0 Å². The Morgan fingerprint density at radius 1 is 1.36 bits per heavy atom. The lowest BCUT2D eigenvalue weighted by molar-refractivity contribution is -0.161. The summed E-state index contributed by atoms with van der Waals surface area (Å²) >= 11 is 0. The van der Waals surface area contributed by atoms with Crippen LogP contribution < -0.4 is 0 Å². The third-order valence-electron chi connectivity index (χ3n) is 3.55. The minimum atomic E-state index is -0.609. The minimum Gasteiger partial charge on any atom is -0.384 e. The molecule has 3 nitrogen and oxygen atoms in total. The molecule has 2 rings (SSSR count). The van der Waals surface area contributed by atoms with Crippen LogP contribution in [0.15, 0.2) is 36.4 Å². The van der Waals surface area contributed by atoms with E-state index in [4.69, 9.17) is 9.47 Å². The second-order valence-corrected chi connectivity index (χ2v) is 5.45. The smallest absolute Gasteiger partial charge is 0.157 e. The van der Waals surface area contributed by atoms with Gasteiger partial charge in [0.2, 0.25) is 0 Å². The molecule has 0 amide bonds. The number of aliphatic hydroxyl groups is 1. The van der Waals surface area contributed by atoms with Crippen LogP contribution in [0.3, 0.4) is 0 Å². The van der Waals surface area contributed by atoms with Crippen molar-refractivity contribution in [2.75, 3.05) is 13.2 Å². The van der Waals surface area contributed by atoms with Gasteiger partial charge < -0.3 is 14.6 Å². The molecule has 0 aromatic heterocycles. The van der Waals surface area contributed by atoms with Crippen molar-refractivity contribution in [1.82, 2.24) is 0 Å². The summed E-state index contributed by atoms with van der Waals surface area (Å²) in [7, 11) is 0. The Morgan fingerprint density at radius 2 is 2.18 bits per heavy atom. The topological polar surface area (TPSA) is 38.7 Å². The average molecular weight is 300 g/mol. The first-order valence-corrected chi connectivity index (χ1v) is 7.88. The zero-order chi connectivity index (χ0) is 15.6. The lowest BCUT2D eigenvalue weighted by Gasteiger charge is -2.22. The number of aryl methyl sites for hydroxylation is 1. The van der Waals surface area contributed by atoms with E-state index in [0.717, 1.165) is 25.0 Å². The number of aliphatic hydroxyl groups excluding tert-OH is 1. The third-order valence-corrected chi connectivity index (χ3v) is 3.55. The van der Waals surface area contributed by atoms with Crippen LogP contribution in [0.4, 0.5) is 0 Å². The summed E-state index contributed by atoms with van der Waals surface area (Å²) in [6.07, 6.45) is 6.70. The quantitative estimate of drug-likeness (QED) is 0.668. The molecule has 3 heteroatoms. The maximum absolute atomic E-state index is 9.99. The van der Waals surface area contributed by atoms with E-state index in [1.807, 2.05) is 31.2 Å². The molecular formula is C19H24O3. The highest BCUT2D eigenvalue weighted by atomic mass is 16.7. The first-order chi connectivity index (χ1) is 10.8. The molecule has 1 aliphatic heterocycles. The van der Waals surface area contributed by atoms with E-state index in [0.29, 0.717) is 13.0 Å². The number of rotatable bonds is 5. The standard InChI is InChI=1S/C19H24O3/c1-16-10-12-17(13-11-16)18(20)8-4-2-3-6-14-21-19-9-5-7-15-22-19/h4,8,10-13,18-20H,5-7,9,14-15H2,1H3/b8-4+. The Morgan fingerprint density at radius 3 is 2.91 bits per heavy atom. The highest BCUT2D eigenvalue weighted by Crippen LogP contribution is 2.15. The number of ether oxygens (including phenoxy) is 2. The molecule has 0 radical (unpaired) electrons. The molecule has 1 aromatic carbocycles. The van der Waals surface area contributed by atoms with Gasteiger partial charge in [0.15, 0.2) is 6.29 Å². The van der Waals surface area contributed by atoms with Gasteiger partial charge in [0.25, 0.3) is 0 Å². The first-order valence-electron chi connectivity index (χ1n) is 7.88. The second-order valence-electron chi connectivity index (χ2n) is 5.45. The van der Waals surface area contributed by atoms with Crippen molar-refractivity contribution in [2.24, 2.45) is 0 Å². The summed E-state index contributed by atoms with van der Waals surface area (Å²) in [5, 5.41) is 9.99. The fourth-order valence-corrected chi connectivity index (χ4v) is 2.23. The predicted molar refractivity (Wildman–Crippen MR) is 87.2 cm³/mol. The van der Waals surface area contributed by atoms with Crippen LogP contribution in [-0.2, 0) is 9.47 Å². The van der Waals surface area contributed by atoms with E-state index in [-0.39, 0.29) is 6.29 Å². The lowest BCUT2D eigenvalue weighted by atomic mass is 10.1. The molecule has 2 unspecified atom stereocenters. The number of hydrogen-bond donors (Lipinski definition) is 1. The molecule has 1 saturated heterocycles. The van der Waals surface area contributed by atoms with Gasteiger partial charge in [-0.05, 0) is 43.9 Å². The van der Waals surface area contributed by atoms with Crippen LogP contribution >= 0.6 is 0 Å². The summed E-state index contributed by atoms with van der Waals surface area (Å²) in [4.78, 5) is 0. The fraction of sp³-hybridized carbons (Fsp3) is 0.474. The lowest BCUT2D eigenvalue weighted by Crippen LogP contribution is -2.22. The summed E-state index contributed by atoms with van der Waals surface area (Å²) in [5.74, 6) is 5.94. The van der Waals surface area contributed by atoms with Crippen molar-refractivity contribution in [2.45, 2.75) is 45.0 Å². The van der Waals surface area contributed by atoms with Gasteiger partial charge in [0.1, 0.15) is 0 Å². The normalized spacial score (nSPS) is 19.6. The van der Waals surface area contributed by atoms with Gasteiger partial charge in [-0.15, -0.1) is 0 Å². The molecule has 0 bridgehead atoms. The van der Waals surface area contributed by atoms with Crippen molar-refractivity contribution in [1.29, 1.82) is 0 Å². The van der Waals surface area contributed by atoms with E-state index in [1.54, 1.807) is 12.2 Å². The maximum Gasteiger partial charge on any atom is 0.157 e. The number of benzene rings is 1. The summed E-state index contributed by atoms with van der Waals surface area (Å²) in [5.41, 5.74) is 2.06. The Bertz CT molecular complexity index is 516. The van der Waals surface area contributed by atoms with E-state index < -0.39 is 6.10 Å². The van der Waals surface area contributed by atoms with Crippen molar-refractivity contribution in [3.8, 4) is 11.8 Å². The SMILES string of the molecule is Cc1ccc(C(O)/C=C/C#CCCOC2CCCCO2)cc1. The van der Waals surface area contributed by atoms with Crippen LogP contribution in [0.1, 0.15) is 42.9 Å². The molecule has 0 aliphatic carbocycles. The molecule has 118 valence electrons. The van der Waals surface area contributed by atoms with E-state index in [1.165, 1.54) is 12.0 Å². The highest BCUT2D eigenvalue weighted by molar-refractivity contribution is 5.27. The molecule has 2 atom stereocenters. The average Bonchev–Trinajstić information content (AvgIpc) is 2.55. The predicted octanol–water partition coefficient (Wildman–Crippen LogP) is 3.52. The van der Waals surface area contributed by atoms with Gasteiger partial charge in [-0.25, -0.2) is 0 Å². The van der Waals surface area contributed by atoms with E-state index in [9.17, 15) is 5.11 Å². The second kappa shape index (κ2) is 9.42. The highest BCUT2D eigenvalue weighted by Gasteiger charge is 2.12. The Kier molecular flexibility index (Phi) is 7.18. The number of allylic oxidation sites excluding steroid dienone is 1. The molecule has 1 fully saturated rings. The van der Waals surface area contributed by atoms with Gasteiger partial charge >= 0.3 is 0 Å². The van der Waals surface area contributed by atoms with Crippen LogP contribution in [-0.4, -0.2) is 24.6 Å². The molecular weight excluding hydrogens is 276 g/mol. The summed E-state index contributed by atoms with van der Waals surface area (Å²) in [6.45, 7) is 3.42. The van der Waals surface area contributed by atoms with Crippen LogP contribution in [0, 0.1) is 18.8 Å². The molecule has 1 aliphatic rings. The van der Waals surface area contributed by atoms with Gasteiger partial charge in [-0.2, -0.15) is 0 Å². The van der Waals surface area contributed by atoms with Crippen LogP contribution in [0.25, 0.3) is 0 Å². The Labute approximate surface area is 133 Å². The Balaban J connectivity index is 1.65. The zero-order valence-electron chi connectivity index (χ0n) is 13.1. The third kappa shape index (κ3) is 6.03. The Hall–Kier alpha value is -1.60.